The van der Waals surface area contributed by atoms with Crippen molar-refractivity contribution in [3.05, 3.63) is 95.6 Å². The maximum atomic E-state index is 14.0. The van der Waals surface area contributed by atoms with Crippen LogP contribution >= 0.6 is 0 Å². The van der Waals surface area contributed by atoms with E-state index < -0.39 is 17.5 Å². The molecule has 0 saturated heterocycles. The molecule has 4 aromatic rings. The third-order valence-electron chi connectivity index (χ3n) is 4.80. The van der Waals surface area contributed by atoms with Crippen molar-refractivity contribution in [3.8, 4) is 11.3 Å². The standard InChI is InChI=1S/C24H18F2N2O/c1-2-15-7-9-16(10-8-15)23-14-19(18-5-3-4-6-21(18)27-23)24(29)28-22-12-11-17(25)13-20(22)26/h3-14H,2H2,1H3,(H,28,29). The number of carbonyl (C=O) groups is 1. The monoisotopic (exact) mass is 388 g/mol. The van der Waals surface area contributed by atoms with Crippen LogP contribution in [-0.2, 0) is 6.42 Å². The number of aryl methyl sites for hydroxylation is 1. The zero-order chi connectivity index (χ0) is 20.4. The normalized spacial score (nSPS) is 10.9. The molecule has 1 amide bonds. The van der Waals surface area contributed by atoms with Gasteiger partial charge >= 0.3 is 0 Å². The molecule has 0 radical (unpaired) electrons. The lowest BCUT2D eigenvalue weighted by molar-refractivity contribution is 0.102. The van der Waals surface area contributed by atoms with E-state index in [2.05, 4.69) is 17.2 Å². The van der Waals surface area contributed by atoms with E-state index in [9.17, 15) is 13.6 Å². The lowest BCUT2D eigenvalue weighted by Crippen LogP contribution is -2.14. The summed E-state index contributed by atoms with van der Waals surface area (Å²) >= 11 is 0. The average molecular weight is 388 g/mol. The van der Waals surface area contributed by atoms with Gasteiger partial charge in [0.05, 0.1) is 22.5 Å². The second kappa shape index (κ2) is 7.80. The number of amides is 1. The molecule has 1 aromatic heterocycles. The summed E-state index contributed by atoms with van der Waals surface area (Å²) in [5.41, 5.74) is 3.69. The number of anilines is 1. The van der Waals surface area contributed by atoms with Crippen LogP contribution in [0.3, 0.4) is 0 Å². The fourth-order valence-electron chi connectivity index (χ4n) is 3.20. The summed E-state index contributed by atoms with van der Waals surface area (Å²) in [5, 5.41) is 3.19. The van der Waals surface area contributed by atoms with Crippen LogP contribution in [0.25, 0.3) is 22.2 Å². The third-order valence-corrected chi connectivity index (χ3v) is 4.80. The van der Waals surface area contributed by atoms with E-state index in [0.717, 1.165) is 24.1 Å². The largest absolute Gasteiger partial charge is 0.319 e. The van der Waals surface area contributed by atoms with E-state index in [4.69, 9.17) is 0 Å². The van der Waals surface area contributed by atoms with Gasteiger partial charge in [0.25, 0.3) is 5.91 Å². The summed E-state index contributed by atoms with van der Waals surface area (Å²) < 4.78 is 27.1. The number of hydrogen-bond donors (Lipinski definition) is 1. The fourth-order valence-corrected chi connectivity index (χ4v) is 3.20. The molecule has 0 atom stereocenters. The Labute approximate surface area is 167 Å². The number of halogens is 2. The van der Waals surface area contributed by atoms with Gasteiger partial charge in [-0.1, -0.05) is 49.4 Å². The molecule has 5 heteroatoms. The Balaban J connectivity index is 1.78. The topological polar surface area (TPSA) is 42.0 Å². The third kappa shape index (κ3) is 3.85. The van der Waals surface area contributed by atoms with Crippen molar-refractivity contribution in [2.75, 3.05) is 5.32 Å². The van der Waals surface area contributed by atoms with Gasteiger partial charge in [0, 0.05) is 17.0 Å². The number of pyridine rings is 1. The molecule has 0 aliphatic rings. The van der Waals surface area contributed by atoms with Gasteiger partial charge < -0.3 is 5.32 Å². The van der Waals surface area contributed by atoms with E-state index in [1.807, 2.05) is 42.5 Å². The van der Waals surface area contributed by atoms with Crippen molar-refractivity contribution < 1.29 is 13.6 Å². The first-order valence-corrected chi connectivity index (χ1v) is 9.30. The van der Waals surface area contributed by atoms with Crippen LogP contribution < -0.4 is 5.32 Å². The first-order valence-electron chi connectivity index (χ1n) is 9.30. The summed E-state index contributed by atoms with van der Waals surface area (Å²) in [7, 11) is 0. The Morgan fingerprint density at radius 2 is 1.72 bits per heavy atom. The van der Waals surface area contributed by atoms with Crippen LogP contribution in [0.4, 0.5) is 14.5 Å². The number of benzene rings is 3. The minimum absolute atomic E-state index is 0.0776. The molecule has 0 saturated carbocycles. The van der Waals surface area contributed by atoms with Crippen molar-refractivity contribution in [2.45, 2.75) is 13.3 Å². The summed E-state index contributed by atoms with van der Waals surface area (Å²) in [6.45, 7) is 2.08. The molecule has 29 heavy (non-hydrogen) atoms. The minimum Gasteiger partial charge on any atom is -0.319 e. The highest BCUT2D eigenvalue weighted by Crippen LogP contribution is 2.26. The van der Waals surface area contributed by atoms with Crippen LogP contribution in [-0.4, -0.2) is 10.9 Å². The molecule has 3 nitrogen and oxygen atoms in total. The number of hydrogen-bond acceptors (Lipinski definition) is 2. The van der Waals surface area contributed by atoms with E-state index in [1.54, 1.807) is 12.1 Å². The lowest BCUT2D eigenvalue weighted by atomic mass is 10.0. The molecule has 4 rings (SSSR count). The number of carbonyl (C=O) groups excluding carboxylic acids is 1. The van der Waals surface area contributed by atoms with Gasteiger partial charge in [0.1, 0.15) is 11.6 Å². The van der Waals surface area contributed by atoms with E-state index >= 15 is 0 Å². The molecule has 0 spiro atoms. The SMILES string of the molecule is CCc1ccc(-c2cc(C(=O)Nc3ccc(F)cc3F)c3ccccc3n2)cc1. The summed E-state index contributed by atoms with van der Waals surface area (Å²) in [6, 6.07) is 20.0. The smallest absolute Gasteiger partial charge is 0.256 e. The quantitative estimate of drug-likeness (QED) is 0.466. The van der Waals surface area contributed by atoms with Gasteiger partial charge in [-0.2, -0.15) is 0 Å². The highest BCUT2D eigenvalue weighted by atomic mass is 19.1. The van der Waals surface area contributed by atoms with Gasteiger partial charge in [-0.25, -0.2) is 13.8 Å². The second-order valence-corrected chi connectivity index (χ2v) is 6.70. The Morgan fingerprint density at radius 1 is 0.966 bits per heavy atom. The molecule has 1 N–H and O–H groups in total. The predicted octanol–water partition coefficient (Wildman–Crippen LogP) is 5.99. The van der Waals surface area contributed by atoms with Crippen molar-refractivity contribution in [3.63, 3.8) is 0 Å². The van der Waals surface area contributed by atoms with Crippen LogP contribution in [0, 0.1) is 11.6 Å². The number of fused-ring (bicyclic) bond motifs is 1. The van der Waals surface area contributed by atoms with Gasteiger partial charge in [-0.3, -0.25) is 4.79 Å². The van der Waals surface area contributed by atoms with Gasteiger partial charge in [0.2, 0.25) is 0 Å². The predicted molar refractivity (Wildman–Crippen MR) is 111 cm³/mol. The zero-order valence-corrected chi connectivity index (χ0v) is 15.7. The zero-order valence-electron chi connectivity index (χ0n) is 15.7. The second-order valence-electron chi connectivity index (χ2n) is 6.70. The molecule has 3 aromatic carbocycles. The first-order chi connectivity index (χ1) is 14.0. The maximum absolute atomic E-state index is 14.0. The van der Waals surface area contributed by atoms with Crippen molar-refractivity contribution in [2.24, 2.45) is 0 Å². The Morgan fingerprint density at radius 3 is 2.45 bits per heavy atom. The number of nitrogens with zero attached hydrogens (tertiary/aromatic N) is 1. The molecule has 0 aliphatic heterocycles. The summed E-state index contributed by atoms with van der Waals surface area (Å²) in [4.78, 5) is 17.6. The molecule has 0 aliphatic carbocycles. The fraction of sp³-hybridized carbons (Fsp3) is 0.0833. The van der Waals surface area contributed by atoms with Crippen LogP contribution in [0.1, 0.15) is 22.8 Å². The van der Waals surface area contributed by atoms with E-state index in [-0.39, 0.29) is 5.69 Å². The van der Waals surface area contributed by atoms with E-state index in [1.165, 1.54) is 11.6 Å². The summed E-state index contributed by atoms with van der Waals surface area (Å²) in [6.07, 6.45) is 0.933. The Kier molecular flexibility index (Phi) is 5.04. The molecule has 0 unspecified atom stereocenters. The van der Waals surface area contributed by atoms with Crippen molar-refractivity contribution in [1.82, 2.24) is 4.98 Å². The maximum Gasteiger partial charge on any atom is 0.256 e. The van der Waals surface area contributed by atoms with Gasteiger partial charge in [-0.15, -0.1) is 0 Å². The Bertz CT molecular complexity index is 1200. The van der Waals surface area contributed by atoms with Crippen LogP contribution in [0.15, 0.2) is 72.8 Å². The van der Waals surface area contributed by atoms with Crippen molar-refractivity contribution in [1.29, 1.82) is 0 Å². The van der Waals surface area contributed by atoms with Crippen molar-refractivity contribution >= 4 is 22.5 Å². The highest BCUT2D eigenvalue weighted by molar-refractivity contribution is 6.13. The molecular weight excluding hydrogens is 370 g/mol. The summed E-state index contributed by atoms with van der Waals surface area (Å²) in [5.74, 6) is -2.01. The van der Waals surface area contributed by atoms with Gasteiger partial charge in [-0.05, 0) is 36.2 Å². The van der Waals surface area contributed by atoms with Crippen LogP contribution in [0.5, 0.6) is 0 Å². The molecule has 1 heterocycles. The highest BCUT2D eigenvalue weighted by Gasteiger charge is 2.16. The van der Waals surface area contributed by atoms with Crippen LogP contribution in [0.2, 0.25) is 0 Å². The van der Waals surface area contributed by atoms with E-state index in [0.29, 0.717) is 22.2 Å². The molecule has 0 fully saturated rings. The number of para-hydroxylation sites is 1. The number of rotatable bonds is 4. The lowest BCUT2D eigenvalue weighted by Gasteiger charge is -2.11. The van der Waals surface area contributed by atoms with Gasteiger partial charge in [0.15, 0.2) is 0 Å². The minimum atomic E-state index is -0.827. The molecule has 144 valence electrons. The molecular formula is C24H18F2N2O. The number of nitrogens with one attached hydrogen (secondary N) is 1. The number of aromatic nitrogens is 1. The molecule has 0 bridgehead atoms. The Hall–Kier alpha value is -3.60. The first kappa shape index (κ1) is 18.7. The average Bonchev–Trinajstić information content (AvgIpc) is 2.75.